The second-order valence-electron chi connectivity index (χ2n) is 4.43. The molecule has 0 radical (unpaired) electrons. The van der Waals surface area contributed by atoms with Crippen molar-refractivity contribution in [3.63, 3.8) is 0 Å². The number of carbonyl (C=O) groups excluding carboxylic acids is 1. The van der Waals surface area contributed by atoms with E-state index in [4.69, 9.17) is 12.2 Å². The number of nitrogens with one attached hydrogen (secondary N) is 2. The zero-order chi connectivity index (χ0) is 14.0. The van der Waals surface area contributed by atoms with Gasteiger partial charge >= 0.3 is 0 Å². The zero-order valence-corrected chi connectivity index (χ0v) is 11.7. The molecule has 0 fully saturated rings. The molecule has 1 aromatic heterocycles. The third-order valence-electron chi connectivity index (χ3n) is 2.99. The predicted octanol–water partition coefficient (Wildman–Crippen LogP) is 2.93. The van der Waals surface area contributed by atoms with E-state index >= 15 is 0 Å². The molecule has 0 saturated carbocycles. The Hall–Kier alpha value is -1.69. The van der Waals surface area contributed by atoms with E-state index in [1.54, 1.807) is 17.6 Å². The molecule has 19 heavy (non-hydrogen) atoms. The fourth-order valence-electron chi connectivity index (χ4n) is 2.00. The van der Waals surface area contributed by atoms with Crippen LogP contribution in [0, 0.1) is 10.6 Å². The second kappa shape index (κ2) is 5.52. The molecule has 1 aromatic carbocycles. The Kier molecular flexibility index (Phi) is 3.99. The van der Waals surface area contributed by atoms with E-state index in [-0.39, 0.29) is 11.7 Å². The Balaban J connectivity index is 2.41. The van der Waals surface area contributed by atoms with Gasteiger partial charge in [0.2, 0.25) is 5.91 Å². The van der Waals surface area contributed by atoms with Crippen LogP contribution in [0.2, 0.25) is 0 Å². The molecule has 6 heteroatoms. The van der Waals surface area contributed by atoms with Crippen molar-refractivity contribution in [2.45, 2.75) is 26.3 Å². The lowest BCUT2D eigenvalue weighted by atomic mass is 10.2. The molecule has 2 N–H and O–H groups in total. The lowest BCUT2D eigenvalue weighted by molar-refractivity contribution is -0.123. The van der Waals surface area contributed by atoms with Crippen molar-refractivity contribution in [2.75, 3.05) is 6.54 Å². The topological polar surface area (TPSA) is 49.8 Å². The molecule has 0 aliphatic rings. The van der Waals surface area contributed by atoms with E-state index in [9.17, 15) is 9.18 Å². The maximum absolute atomic E-state index is 13.2. The van der Waals surface area contributed by atoms with Crippen LogP contribution < -0.4 is 5.32 Å². The summed E-state index contributed by atoms with van der Waals surface area (Å²) in [5.74, 6) is -0.429. The summed E-state index contributed by atoms with van der Waals surface area (Å²) in [6.45, 7) is 4.40. The Morgan fingerprint density at radius 2 is 2.32 bits per heavy atom. The minimum Gasteiger partial charge on any atom is -0.354 e. The number of halogens is 1. The standard InChI is InChI=1S/C13H16FN3OS/c1-3-6-15-12(18)8(2)17-11-5-4-9(14)7-10(11)16-13(17)19/h4-5,7-8H,3,6H2,1-2H3,(H,15,18)(H,16,19). The van der Waals surface area contributed by atoms with Gasteiger partial charge in [0.15, 0.2) is 4.77 Å². The molecule has 0 bridgehead atoms. The first-order chi connectivity index (χ1) is 9.04. The van der Waals surface area contributed by atoms with Crippen LogP contribution in [0.25, 0.3) is 11.0 Å². The quantitative estimate of drug-likeness (QED) is 0.847. The highest BCUT2D eigenvalue weighted by atomic mass is 32.1. The highest BCUT2D eigenvalue weighted by Gasteiger charge is 2.18. The summed E-state index contributed by atoms with van der Waals surface area (Å²) in [5, 5.41) is 2.83. The number of nitrogens with zero attached hydrogens (tertiary/aromatic N) is 1. The Morgan fingerprint density at radius 1 is 1.58 bits per heavy atom. The number of hydrogen-bond donors (Lipinski definition) is 2. The van der Waals surface area contributed by atoms with E-state index in [0.717, 1.165) is 11.9 Å². The van der Waals surface area contributed by atoms with E-state index in [0.29, 0.717) is 16.8 Å². The Morgan fingerprint density at radius 3 is 3.00 bits per heavy atom. The normalized spacial score (nSPS) is 12.6. The van der Waals surface area contributed by atoms with Crippen LogP contribution in [0.5, 0.6) is 0 Å². The summed E-state index contributed by atoms with van der Waals surface area (Å²) in [4.78, 5) is 14.9. The number of aromatic amines is 1. The zero-order valence-electron chi connectivity index (χ0n) is 10.9. The molecule has 2 rings (SSSR count). The minimum absolute atomic E-state index is 0.0943. The third-order valence-corrected chi connectivity index (χ3v) is 3.29. The molecule has 2 aromatic rings. The summed E-state index contributed by atoms with van der Waals surface area (Å²) in [7, 11) is 0. The van der Waals surface area contributed by atoms with Crippen molar-refractivity contribution >= 4 is 29.2 Å². The molecular weight excluding hydrogens is 265 g/mol. The smallest absolute Gasteiger partial charge is 0.242 e. The number of rotatable bonds is 4. The van der Waals surface area contributed by atoms with Gasteiger partial charge < -0.3 is 14.9 Å². The van der Waals surface area contributed by atoms with E-state index < -0.39 is 6.04 Å². The fraction of sp³-hybridized carbons (Fsp3) is 0.385. The summed E-state index contributed by atoms with van der Waals surface area (Å²) in [5.41, 5.74) is 1.32. The van der Waals surface area contributed by atoms with Crippen molar-refractivity contribution < 1.29 is 9.18 Å². The molecule has 1 heterocycles. The first kappa shape index (κ1) is 13.7. The molecule has 102 valence electrons. The number of amides is 1. The number of aromatic nitrogens is 2. The van der Waals surface area contributed by atoms with Crippen LogP contribution in [0.1, 0.15) is 26.3 Å². The first-order valence-corrected chi connectivity index (χ1v) is 6.63. The summed E-state index contributed by atoms with van der Waals surface area (Å²) < 4.78 is 15.3. The van der Waals surface area contributed by atoms with Gasteiger partial charge in [-0.15, -0.1) is 0 Å². The molecule has 4 nitrogen and oxygen atoms in total. The number of carbonyl (C=O) groups is 1. The number of benzene rings is 1. The largest absolute Gasteiger partial charge is 0.354 e. The molecule has 0 saturated heterocycles. The van der Waals surface area contributed by atoms with Gasteiger partial charge in [0.1, 0.15) is 11.9 Å². The minimum atomic E-state index is -0.432. The van der Waals surface area contributed by atoms with Crippen molar-refractivity contribution in [1.29, 1.82) is 0 Å². The number of fused-ring (bicyclic) bond motifs is 1. The monoisotopic (exact) mass is 281 g/mol. The average Bonchev–Trinajstić information content (AvgIpc) is 2.70. The number of H-pyrrole nitrogens is 1. The van der Waals surface area contributed by atoms with Crippen molar-refractivity contribution in [1.82, 2.24) is 14.9 Å². The van der Waals surface area contributed by atoms with E-state index in [2.05, 4.69) is 10.3 Å². The molecule has 1 amide bonds. The summed E-state index contributed by atoms with van der Waals surface area (Å²) in [6.07, 6.45) is 0.878. The van der Waals surface area contributed by atoms with Crippen LogP contribution in [-0.4, -0.2) is 22.0 Å². The molecule has 0 spiro atoms. The van der Waals surface area contributed by atoms with Gasteiger partial charge in [-0.1, -0.05) is 6.92 Å². The maximum atomic E-state index is 13.2. The van der Waals surface area contributed by atoms with Crippen molar-refractivity contribution in [3.05, 3.63) is 28.8 Å². The summed E-state index contributed by atoms with van der Waals surface area (Å²) in [6, 6.07) is 3.93. The van der Waals surface area contributed by atoms with Crippen LogP contribution in [0.3, 0.4) is 0 Å². The Bertz CT molecular complexity index is 661. The predicted molar refractivity (Wildman–Crippen MR) is 75.1 cm³/mol. The van der Waals surface area contributed by atoms with Gasteiger partial charge in [-0.25, -0.2) is 4.39 Å². The van der Waals surface area contributed by atoms with Gasteiger partial charge in [-0.2, -0.15) is 0 Å². The van der Waals surface area contributed by atoms with Gasteiger partial charge in [-0.05, 0) is 43.8 Å². The highest BCUT2D eigenvalue weighted by molar-refractivity contribution is 7.71. The van der Waals surface area contributed by atoms with E-state index in [1.165, 1.54) is 12.1 Å². The van der Waals surface area contributed by atoms with Crippen LogP contribution >= 0.6 is 12.2 Å². The van der Waals surface area contributed by atoms with Crippen LogP contribution in [0.4, 0.5) is 4.39 Å². The lowest BCUT2D eigenvalue weighted by Gasteiger charge is -2.14. The van der Waals surface area contributed by atoms with Gasteiger partial charge in [0.25, 0.3) is 0 Å². The molecule has 1 atom stereocenters. The molecule has 1 unspecified atom stereocenters. The third kappa shape index (κ3) is 2.68. The van der Waals surface area contributed by atoms with Gasteiger partial charge in [0.05, 0.1) is 11.0 Å². The van der Waals surface area contributed by atoms with Crippen LogP contribution in [-0.2, 0) is 4.79 Å². The second-order valence-corrected chi connectivity index (χ2v) is 4.82. The fourth-order valence-corrected chi connectivity index (χ4v) is 2.37. The van der Waals surface area contributed by atoms with Gasteiger partial charge in [0, 0.05) is 6.54 Å². The summed E-state index contributed by atoms with van der Waals surface area (Å²) >= 11 is 5.21. The lowest BCUT2D eigenvalue weighted by Crippen LogP contribution is -2.31. The maximum Gasteiger partial charge on any atom is 0.242 e. The number of imidazole rings is 1. The average molecular weight is 281 g/mol. The first-order valence-electron chi connectivity index (χ1n) is 6.22. The molecule has 0 aliphatic carbocycles. The van der Waals surface area contributed by atoms with Crippen molar-refractivity contribution in [2.24, 2.45) is 0 Å². The number of hydrogen-bond acceptors (Lipinski definition) is 2. The molecular formula is C13H16FN3OS. The highest BCUT2D eigenvalue weighted by Crippen LogP contribution is 2.20. The van der Waals surface area contributed by atoms with Gasteiger partial charge in [-0.3, -0.25) is 4.79 Å². The molecule has 0 aliphatic heterocycles. The van der Waals surface area contributed by atoms with Crippen molar-refractivity contribution in [3.8, 4) is 0 Å². The SMILES string of the molecule is CCCNC(=O)C(C)n1c(=S)[nH]c2cc(F)ccc21. The Labute approximate surface area is 115 Å². The van der Waals surface area contributed by atoms with Crippen LogP contribution in [0.15, 0.2) is 18.2 Å². The van der Waals surface area contributed by atoms with E-state index in [1.807, 2.05) is 6.92 Å².